The molecule has 1 saturated heterocycles. The van der Waals surface area contributed by atoms with E-state index in [-0.39, 0.29) is 16.6 Å². The molecule has 112 valence electrons. The largest absolute Gasteiger partial charge is 0.380 e. The van der Waals surface area contributed by atoms with Gasteiger partial charge in [0.25, 0.3) is 0 Å². The Morgan fingerprint density at radius 2 is 2.05 bits per heavy atom. The number of anilines is 1. The van der Waals surface area contributed by atoms with Gasteiger partial charge in [0, 0.05) is 12.3 Å². The molecule has 1 aliphatic heterocycles. The van der Waals surface area contributed by atoms with Crippen LogP contribution in [0, 0.1) is 5.82 Å². The first-order valence-electron chi connectivity index (χ1n) is 6.81. The minimum atomic E-state index is -3.31. The maximum atomic E-state index is 13.8. The van der Waals surface area contributed by atoms with Gasteiger partial charge in [0.15, 0.2) is 9.84 Å². The number of sulfone groups is 1. The summed E-state index contributed by atoms with van der Waals surface area (Å²) in [6, 6.07) is 4.08. The molecule has 4 nitrogen and oxygen atoms in total. The van der Waals surface area contributed by atoms with Crippen LogP contribution in [-0.2, 0) is 9.84 Å². The van der Waals surface area contributed by atoms with Crippen LogP contribution < -0.4 is 5.32 Å². The quantitative estimate of drug-likeness (QED) is 0.869. The second-order valence-electron chi connectivity index (χ2n) is 5.49. The fraction of sp³-hybridized carbons (Fsp3) is 0.571. The van der Waals surface area contributed by atoms with Crippen molar-refractivity contribution in [2.24, 2.45) is 0 Å². The zero-order valence-corrected chi connectivity index (χ0v) is 12.7. The zero-order chi connectivity index (χ0) is 14.8. The maximum absolute atomic E-state index is 13.8. The van der Waals surface area contributed by atoms with Gasteiger partial charge in [-0.05, 0) is 57.6 Å². The average molecular weight is 300 g/mol. The number of benzene rings is 1. The number of halogens is 1. The molecule has 6 heteroatoms. The van der Waals surface area contributed by atoms with Gasteiger partial charge >= 0.3 is 0 Å². The molecular weight excluding hydrogens is 279 g/mol. The highest BCUT2D eigenvalue weighted by molar-refractivity contribution is 7.90. The maximum Gasteiger partial charge on any atom is 0.175 e. The first-order valence-corrected chi connectivity index (χ1v) is 8.70. The molecule has 2 rings (SSSR count). The van der Waals surface area contributed by atoms with Crippen LogP contribution >= 0.6 is 0 Å². The highest BCUT2D eigenvalue weighted by Gasteiger charge is 2.17. The number of likely N-dealkylation sites (tertiary alicyclic amines) is 1. The van der Waals surface area contributed by atoms with Crippen LogP contribution in [0.2, 0.25) is 0 Å². The summed E-state index contributed by atoms with van der Waals surface area (Å²) in [7, 11) is -1.24. The van der Waals surface area contributed by atoms with Crippen molar-refractivity contribution < 1.29 is 12.8 Å². The molecule has 1 heterocycles. The highest BCUT2D eigenvalue weighted by Crippen LogP contribution is 2.22. The third-order valence-electron chi connectivity index (χ3n) is 3.68. The predicted octanol–water partition coefficient (Wildman–Crippen LogP) is 2.13. The van der Waals surface area contributed by atoms with Gasteiger partial charge in [0.05, 0.1) is 10.6 Å². The summed E-state index contributed by atoms with van der Waals surface area (Å²) in [5.41, 5.74) is 0.280. The van der Waals surface area contributed by atoms with Crippen molar-refractivity contribution in [1.82, 2.24) is 4.90 Å². The predicted molar refractivity (Wildman–Crippen MR) is 78.3 cm³/mol. The van der Waals surface area contributed by atoms with E-state index < -0.39 is 15.7 Å². The van der Waals surface area contributed by atoms with E-state index in [2.05, 4.69) is 17.3 Å². The number of nitrogens with one attached hydrogen (secondary N) is 1. The van der Waals surface area contributed by atoms with E-state index in [4.69, 9.17) is 0 Å². The van der Waals surface area contributed by atoms with E-state index in [1.165, 1.54) is 18.2 Å². The molecule has 0 aromatic heterocycles. The molecule has 0 saturated carbocycles. The Morgan fingerprint density at radius 3 is 2.75 bits per heavy atom. The van der Waals surface area contributed by atoms with E-state index in [1.807, 2.05) is 0 Å². The molecule has 1 atom stereocenters. The van der Waals surface area contributed by atoms with E-state index in [0.717, 1.165) is 38.6 Å². The van der Waals surface area contributed by atoms with Gasteiger partial charge < -0.3 is 10.2 Å². The van der Waals surface area contributed by atoms with Crippen LogP contribution in [0.4, 0.5) is 10.1 Å². The Balaban J connectivity index is 2.16. The molecule has 1 aromatic carbocycles. The van der Waals surface area contributed by atoms with Gasteiger partial charge in [-0.2, -0.15) is 0 Å². The standard InChI is InChI=1S/C14H21FN2O2S/c1-17-8-3-4-11(7-9-17)16-14-10-12(20(2,18)19)5-6-13(14)15/h5-6,10-11,16H,3-4,7-9H2,1-2H3. The lowest BCUT2D eigenvalue weighted by molar-refractivity contribution is 0.348. The molecule has 0 bridgehead atoms. The van der Waals surface area contributed by atoms with Crippen LogP contribution in [-0.4, -0.2) is 45.8 Å². The lowest BCUT2D eigenvalue weighted by Gasteiger charge is -2.19. The van der Waals surface area contributed by atoms with Crippen LogP contribution in [0.5, 0.6) is 0 Å². The van der Waals surface area contributed by atoms with Gasteiger partial charge in [0.1, 0.15) is 5.82 Å². The fourth-order valence-electron chi connectivity index (χ4n) is 2.45. The Bertz CT molecular complexity index is 575. The molecule has 0 aliphatic carbocycles. The Morgan fingerprint density at radius 1 is 1.30 bits per heavy atom. The molecule has 1 aromatic rings. The summed E-state index contributed by atoms with van der Waals surface area (Å²) in [6.45, 7) is 2.01. The molecule has 1 fully saturated rings. The summed E-state index contributed by atoms with van der Waals surface area (Å²) >= 11 is 0. The van der Waals surface area contributed by atoms with Crippen LogP contribution in [0.3, 0.4) is 0 Å². The lowest BCUT2D eigenvalue weighted by atomic mass is 10.1. The molecule has 0 radical (unpaired) electrons. The zero-order valence-electron chi connectivity index (χ0n) is 11.9. The van der Waals surface area contributed by atoms with Gasteiger partial charge in [-0.25, -0.2) is 12.8 Å². The molecule has 0 amide bonds. The van der Waals surface area contributed by atoms with Crippen LogP contribution in [0.15, 0.2) is 23.1 Å². The number of rotatable bonds is 3. The smallest absolute Gasteiger partial charge is 0.175 e. The topological polar surface area (TPSA) is 49.4 Å². The van der Waals surface area contributed by atoms with Crippen LogP contribution in [0.1, 0.15) is 19.3 Å². The van der Waals surface area contributed by atoms with Gasteiger partial charge in [-0.1, -0.05) is 0 Å². The van der Waals surface area contributed by atoms with E-state index in [1.54, 1.807) is 0 Å². The first-order chi connectivity index (χ1) is 9.36. The molecule has 20 heavy (non-hydrogen) atoms. The van der Waals surface area contributed by atoms with Crippen molar-refractivity contribution >= 4 is 15.5 Å². The molecule has 0 spiro atoms. The van der Waals surface area contributed by atoms with Crippen molar-refractivity contribution in [3.8, 4) is 0 Å². The minimum Gasteiger partial charge on any atom is -0.380 e. The molecule has 1 aliphatic rings. The van der Waals surface area contributed by atoms with Crippen molar-refractivity contribution in [3.63, 3.8) is 0 Å². The third kappa shape index (κ3) is 3.93. The number of hydrogen-bond donors (Lipinski definition) is 1. The Kier molecular flexibility index (Phi) is 4.65. The second-order valence-corrected chi connectivity index (χ2v) is 7.50. The summed E-state index contributed by atoms with van der Waals surface area (Å²) in [4.78, 5) is 2.40. The first kappa shape index (κ1) is 15.3. The molecule has 1 unspecified atom stereocenters. The van der Waals surface area contributed by atoms with E-state index in [0.29, 0.717) is 0 Å². The summed E-state index contributed by atoms with van der Waals surface area (Å²) in [5.74, 6) is -0.407. The van der Waals surface area contributed by atoms with Crippen molar-refractivity contribution in [2.75, 3.05) is 31.7 Å². The molecular formula is C14H21FN2O2S. The average Bonchev–Trinajstić information content (AvgIpc) is 2.56. The van der Waals surface area contributed by atoms with Crippen molar-refractivity contribution in [1.29, 1.82) is 0 Å². The van der Waals surface area contributed by atoms with Gasteiger partial charge in [-0.3, -0.25) is 0 Å². The Hall–Kier alpha value is -1.14. The SMILES string of the molecule is CN1CCCC(Nc2cc(S(C)(=O)=O)ccc2F)CC1. The monoisotopic (exact) mass is 300 g/mol. The summed E-state index contributed by atoms with van der Waals surface area (Å²) in [5, 5.41) is 3.16. The minimum absolute atomic E-state index is 0.145. The number of nitrogens with zero attached hydrogens (tertiary/aromatic N) is 1. The Labute approximate surface area is 119 Å². The van der Waals surface area contributed by atoms with Crippen molar-refractivity contribution in [2.45, 2.75) is 30.2 Å². The third-order valence-corrected chi connectivity index (χ3v) is 4.79. The summed E-state index contributed by atoms with van der Waals surface area (Å²) in [6.07, 6.45) is 4.08. The molecule has 1 N–H and O–H groups in total. The number of hydrogen-bond acceptors (Lipinski definition) is 4. The normalized spacial score (nSPS) is 21.4. The van der Waals surface area contributed by atoms with Gasteiger partial charge in [0.2, 0.25) is 0 Å². The van der Waals surface area contributed by atoms with Gasteiger partial charge in [-0.15, -0.1) is 0 Å². The van der Waals surface area contributed by atoms with E-state index >= 15 is 0 Å². The highest BCUT2D eigenvalue weighted by atomic mass is 32.2. The second kappa shape index (κ2) is 6.10. The van der Waals surface area contributed by atoms with Crippen molar-refractivity contribution in [3.05, 3.63) is 24.0 Å². The van der Waals surface area contributed by atoms with E-state index in [9.17, 15) is 12.8 Å². The fourth-order valence-corrected chi connectivity index (χ4v) is 3.10. The summed E-state index contributed by atoms with van der Waals surface area (Å²) < 4.78 is 36.9. The van der Waals surface area contributed by atoms with Crippen LogP contribution in [0.25, 0.3) is 0 Å². The lowest BCUT2D eigenvalue weighted by Crippen LogP contribution is -2.23.